The van der Waals surface area contributed by atoms with Gasteiger partial charge in [-0.25, -0.2) is 14.4 Å². The molecule has 1 saturated heterocycles. The predicted molar refractivity (Wildman–Crippen MR) is 82.3 cm³/mol. The number of anilines is 1. The van der Waals surface area contributed by atoms with Crippen molar-refractivity contribution in [1.82, 2.24) is 0 Å². The van der Waals surface area contributed by atoms with Gasteiger partial charge in [0.15, 0.2) is 5.57 Å². The molecule has 0 saturated carbocycles. The lowest BCUT2D eigenvalue weighted by Crippen LogP contribution is -2.42. The molecule has 0 amide bonds. The molecule has 24 heavy (non-hydrogen) atoms. The Morgan fingerprint density at radius 3 is 2.33 bits per heavy atom. The molecule has 1 heterocycles. The maximum atomic E-state index is 11.9. The van der Waals surface area contributed by atoms with E-state index < -0.39 is 23.7 Å². The fourth-order valence-corrected chi connectivity index (χ4v) is 1.98. The van der Waals surface area contributed by atoms with Crippen molar-refractivity contribution in [1.29, 1.82) is 0 Å². The van der Waals surface area contributed by atoms with Gasteiger partial charge < -0.3 is 24.3 Å². The Morgan fingerprint density at radius 2 is 1.79 bits per heavy atom. The minimum absolute atomic E-state index is 0.173. The lowest BCUT2D eigenvalue weighted by atomic mass is 10.1. The summed E-state index contributed by atoms with van der Waals surface area (Å²) in [7, 11) is 2.70. The van der Waals surface area contributed by atoms with E-state index in [4.69, 9.17) is 18.9 Å². The first kappa shape index (κ1) is 17.3. The van der Waals surface area contributed by atoms with Crippen LogP contribution in [0.5, 0.6) is 5.75 Å². The van der Waals surface area contributed by atoms with E-state index in [2.05, 4.69) is 5.32 Å². The first-order valence-electron chi connectivity index (χ1n) is 6.97. The summed E-state index contributed by atoms with van der Waals surface area (Å²) >= 11 is 0. The van der Waals surface area contributed by atoms with E-state index in [-0.39, 0.29) is 11.1 Å². The van der Waals surface area contributed by atoms with Gasteiger partial charge in [-0.15, -0.1) is 0 Å². The summed E-state index contributed by atoms with van der Waals surface area (Å²) in [5.74, 6) is -3.12. The molecule has 0 radical (unpaired) electrons. The Morgan fingerprint density at radius 1 is 1.17 bits per heavy atom. The largest absolute Gasteiger partial charge is 0.497 e. The van der Waals surface area contributed by atoms with E-state index in [0.717, 1.165) is 6.20 Å². The second-order valence-electron chi connectivity index (χ2n) is 5.28. The molecule has 0 bridgehead atoms. The summed E-state index contributed by atoms with van der Waals surface area (Å²) in [6.45, 7) is 2.90. The average Bonchev–Trinajstić information content (AvgIpc) is 2.52. The molecule has 0 aromatic heterocycles. The molecular weight excluding hydrogens is 318 g/mol. The minimum atomic E-state index is -1.32. The summed E-state index contributed by atoms with van der Waals surface area (Å²) < 4.78 is 19.7. The van der Waals surface area contributed by atoms with Gasteiger partial charge in [-0.05, 0) is 18.2 Å². The molecule has 1 fully saturated rings. The van der Waals surface area contributed by atoms with Crippen molar-refractivity contribution in [2.24, 2.45) is 0 Å². The molecule has 1 aromatic rings. The van der Waals surface area contributed by atoms with Crippen molar-refractivity contribution in [3.05, 3.63) is 35.5 Å². The van der Waals surface area contributed by atoms with Gasteiger partial charge in [0.25, 0.3) is 5.79 Å². The van der Waals surface area contributed by atoms with Gasteiger partial charge in [0.2, 0.25) is 0 Å². The van der Waals surface area contributed by atoms with Crippen LogP contribution in [-0.4, -0.2) is 37.9 Å². The van der Waals surface area contributed by atoms with Gasteiger partial charge in [0, 0.05) is 20.0 Å². The Hall–Kier alpha value is -3.03. The third kappa shape index (κ3) is 3.65. The van der Waals surface area contributed by atoms with Crippen molar-refractivity contribution in [2.75, 3.05) is 19.5 Å². The van der Waals surface area contributed by atoms with E-state index >= 15 is 0 Å². The van der Waals surface area contributed by atoms with Crippen LogP contribution in [0.25, 0.3) is 0 Å². The van der Waals surface area contributed by atoms with E-state index in [0.29, 0.717) is 11.4 Å². The van der Waals surface area contributed by atoms with Crippen LogP contribution in [0.15, 0.2) is 30.0 Å². The van der Waals surface area contributed by atoms with Crippen LogP contribution in [0.2, 0.25) is 0 Å². The van der Waals surface area contributed by atoms with Gasteiger partial charge in [-0.1, -0.05) is 0 Å². The first-order chi connectivity index (χ1) is 11.3. The second-order valence-corrected chi connectivity index (χ2v) is 5.28. The lowest BCUT2D eigenvalue weighted by molar-refractivity contribution is -0.222. The van der Waals surface area contributed by atoms with Gasteiger partial charge in [0.05, 0.1) is 25.5 Å². The number of methoxy groups -OCH3 is 2. The van der Waals surface area contributed by atoms with Gasteiger partial charge >= 0.3 is 17.9 Å². The first-order valence-corrected chi connectivity index (χ1v) is 6.97. The van der Waals surface area contributed by atoms with Crippen LogP contribution >= 0.6 is 0 Å². The molecule has 128 valence electrons. The van der Waals surface area contributed by atoms with Crippen molar-refractivity contribution in [3.63, 3.8) is 0 Å². The molecule has 0 aliphatic carbocycles. The number of ether oxygens (including phenoxy) is 4. The highest BCUT2D eigenvalue weighted by Gasteiger charge is 2.39. The monoisotopic (exact) mass is 335 g/mol. The minimum Gasteiger partial charge on any atom is -0.497 e. The van der Waals surface area contributed by atoms with E-state index in [1.807, 2.05) is 0 Å². The maximum Gasteiger partial charge on any atom is 0.350 e. The summed E-state index contributed by atoms with van der Waals surface area (Å²) in [4.78, 5) is 35.6. The number of carbonyl (C=O) groups excluding carboxylic acids is 3. The number of rotatable bonds is 4. The zero-order valence-electron chi connectivity index (χ0n) is 13.7. The normalized spacial score (nSPS) is 15.9. The number of cyclic esters (lactones) is 2. The number of hydrogen-bond acceptors (Lipinski definition) is 8. The summed E-state index contributed by atoms with van der Waals surface area (Å²) in [6, 6.07) is 4.62. The van der Waals surface area contributed by atoms with Gasteiger partial charge in [0.1, 0.15) is 5.75 Å². The highest BCUT2D eigenvalue weighted by atomic mass is 16.7. The van der Waals surface area contributed by atoms with Gasteiger partial charge in [-0.2, -0.15) is 0 Å². The van der Waals surface area contributed by atoms with Crippen LogP contribution in [-0.2, 0) is 23.8 Å². The van der Waals surface area contributed by atoms with E-state index in [1.165, 1.54) is 34.1 Å². The third-order valence-electron chi connectivity index (χ3n) is 3.12. The molecule has 8 heteroatoms. The highest BCUT2D eigenvalue weighted by molar-refractivity contribution is 6.15. The summed E-state index contributed by atoms with van der Waals surface area (Å²) in [5, 5.41) is 2.72. The fraction of sp³-hybridized carbons (Fsp3) is 0.312. The second kappa shape index (κ2) is 6.61. The molecule has 1 N–H and O–H groups in total. The molecule has 1 aliphatic rings. The topological polar surface area (TPSA) is 100 Å². The Bertz CT molecular complexity index is 699. The fourth-order valence-electron chi connectivity index (χ4n) is 1.98. The predicted octanol–water partition coefficient (Wildman–Crippen LogP) is 1.61. The third-order valence-corrected chi connectivity index (χ3v) is 3.12. The molecule has 1 aromatic carbocycles. The maximum absolute atomic E-state index is 11.9. The van der Waals surface area contributed by atoms with E-state index in [9.17, 15) is 14.4 Å². The van der Waals surface area contributed by atoms with Crippen molar-refractivity contribution >= 4 is 23.6 Å². The highest BCUT2D eigenvalue weighted by Crippen LogP contribution is 2.25. The van der Waals surface area contributed by atoms with Gasteiger partial charge in [-0.3, -0.25) is 0 Å². The number of esters is 3. The quantitative estimate of drug-likeness (QED) is 0.503. The zero-order chi connectivity index (χ0) is 17.9. The number of benzene rings is 1. The van der Waals surface area contributed by atoms with Crippen molar-refractivity contribution in [3.8, 4) is 5.75 Å². The molecular formula is C16H17NO7. The number of hydrogen-bond donors (Lipinski definition) is 1. The number of nitrogens with one attached hydrogen (secondary N) is 1. The molecule has 0 spiro atoms. The SMILES string of the molecule is COC(=O)c1cc(OC)ccc1NC=C1C(=O)OC(C)(C)OC1=O. The molecule has 2 rings (SSSR count). The number of carbonyl (C=O) groups is 3. The molecule has 0 unspecified atom stereocenters. The Kier molecular flexibility index (Phi) is 4.77. The van der Waals surface area contributed by atoms with Crippen molar-refractivity contribution < 1.29 is 33.3 Å². The Balaban J connectivity index is 2.30. The van der Waals surface area contributed by atoms with Crippen LogP contribution in [0.4, 0.5) is 5.69 Å². The average molecular weight is 335 g/mol. The van der Waals surface area contributed by atoms with Crippen LogP contribution in [0.3, 0.4) is 0 Å². The van der Waals surface area contributed by atoms with Crippen LogP contribution < -0.4 is 10.1 Å². The molecule has 1 aliphatic heterocycles. The van der Waals surface area contributed by atoms with Crippen LogP contribution in [0.1, 0.15) is 24.2 Å². The summed E-state index contributed by atoms with van der Waals surface area (Å²) in [6.07, 6.45) is 1.12. The Labute approximate surface area is 138 Å². The molecule has 0 atom stereocenters. The zero-order valence-corrected chi connectivity index (χ0v) is 13.7. The van der Waals surface area contributed by atoms with Crippen LogP contribution in [0, 0.1) is 0 Å². The summed E-state index contributed by atoms with van der Waals surface area (Å²) in [5.41, 5.74) is 0.174. The molecule has 8 nitrogen and oxygen atoms in total. The lowest BCUT2D eigenvalue weighted by Gasteiger charge is -2.29. The standard InChI is InChI=1S/C16H17NO7/c1-16(2)23-14(19)11(15(20)24-16)8-17-12-6-5-9(21-3)7-10(12)13(18)22-4/h5-8,17H,1-4H3. The van der Waals surface area contributed by atoms with Crippen molar-refractivity contribution in [2.45, 2.75) is 19.6 Å². The smallest absolute Gasteiger partial charge is 0.350 e. The van der Waals surface area contributed by atoms with E-state index in [1.54, 1.807) is 12.1 Å².